The summed E-state index contributed by atoms with van der Waals surface area (Å²) in [5.74, 6) is 0. The molecule has 1 unspecified atom stereocenters. The van der Waals surface area contributed by atoms with Gasteiger partial charge in [0.25, 0.3) is 0 Å². The number of aromatic nitrogens is 3. The maximum absolute atomic E-state index is 6.34. The second-order valence-electron chi connectivity index (χ2n) is 5.11. The number of benzene rings is 1. The molecule has 1 aromatic carbocycles. The Morgan fingerprint density at radius 1 is 1.26 bits per heavy atom. The number of hydrogen-bond acceptors (Lipinski definition) is 3. The summed E-state index contributed by atoms with van der Waals surface area (Å²) in [5.41, 5.74) is 0.482. The van der Waals surface area contributed by atoms with Crippen molar-refractivity contribution in [3.05, 3.63) is 46.5 Å². The van der Waals surface area contributed by atoms with Gasteiger partial charge >= 0.3 is 0 Å². The zero-order valence-corrected chi connectivity index (χ0v) is 11.5. The van der Waals surface area contributed by atoms with Crippen molar-refractivity contribution in [1.29, 1.82) is 0 Å². The van der Waals surface area contributed by atoms with E-state index in [2.05, 4.69) is 10.1 Å². The van der Waals surface area contributed by atoms with Crippen LogP contribution in [0, 0.1) is 0 Å². The number of nitrogens with zero attached hydrogens (tertiary/aromatic N) is 3. The molecular weight excluding hydrogens is 285 g/mol. The standard InChI is InChI=1S/C13H11Cl2N3O/c14-9-1-2-10(11(15)5-9)13(6-19-13)12(3-4-12)18-8-16-7-17-18/h1-2,5,7-8H,3-4,6H2. The lowest BCUT2D eigenvalue weighted by Gasteiger charge is -2.25. The molecule has 0 N–H and O–H groups in total. The molecule has 98 valence electrons. The van der Waals surface area contributed by atoms with Gasteiger partial charge in [0.05, 0.1) is 6.61 Å². The molecule has 2 aliphatic rings. The van der Waals surface area contributed by atoms with Crippen LogP contribution >= 0.6 is 23.2 Å². The zero-order valence-electron chi connectivity index (χ0n) is 10.0. The molecule has 1 saturated heterocycles. The third kappa shape index (κ3) is 1.51. The van der Waals surface area contributed by atoms with Crippen molar-refractivity contribution < 1.29 is 4.74 Å². The van der Waals surface area contributed by atoms with Gasteiger partial charge in [-0.25, -0.2) is 9.67 Å². The molecule has 1 aliphatic carbocycles. The second kappa shape index (κ2) is 3.72. The minimum Gasteiger partial charge on any atom is -0.362 e. The maximum atomic E-state index is 6.34. The highest BCUT2D eigenvalue weighted by molar-refractivity contribution is 6.35. The minimum absolute atomic E-state index is 0.138. The molecule has 2 heterocycles. The molecule has 1 aliphatic heterocycles. The number of ether oxygens (including phenoxy) is 1. The first kappa shape index (κ1) is 11.7. The quantitative estimate of drug-likeness (QED) is 0.818. The van der Waals surface area contributed by atoms with Crippen LogP contribution < -0.4 is 0 Å². The van der Waals surface area contributed by atoms with Crippen molar-refractivity contribution in [2.24, 2.45) is 0 Å². The van der Waals surface area contributed by atoms with E-state index in [-0.39, 0.29) is 11.1 Å². The molecule has 0 bridgehead atoms. The van der Waals surface area contributed by atoms with Crippen molar-refractivity contribution in [2.75, 3.05) is 6.61 Å². The van der Waals surface area contributed by atoms with Gasteiger partial charge in [0.2, 0.25) is 0 Å². The molecule has 4 nitrogen and oxygen atoms in total. The first-order valence-electron chi connectivity index (χ1n) is 6.13. The van der Waals surface area contributed by atoms with Gasteiger partial charge in [-0.2, -0.15) is 5.10 Å². The lowest BCUT2D eigenvalue weighted by atomic mass is 9.89. The van der Waals surface area contributed by atoms with Crippen molar-refractivity contribution in [1.82, 2.24) is 14.8 Å². The van der Waals surface area contributed by atoms with Crippen molar-refractivity contribution in [2.45, 2.75) is 24.0 Å². The van der Waals surface area contributed by atoms with Gasteiger partial charge in [0, 0.05) is 15.6 Å². The average molecular weight is 296 g/mol. The molecule has 6 heteroatoms. The Labute approximate surface area is 120 Å². The summed E-state index contributed by atoms with van der Waals surface area (Å²) < 4.78 is 7.75. The topological polar surface area (TPSA) is 43.2 Å². The average Bonchev–Trinajstić information content (AvgIpc) is 3.29. The molecule has 1 saturated carbocycles. The number of halogens is 2. The third-order valence-corrected chi connectivity index (χ3v) is 4.68. The van der Waals surface area contributed by atoms with Gasteiger partial charge in [-0.05, 0) is 25.0 Å². The van der Waals surface area contributed by atoms with Crippen LogP contribution in [0.1, 0.15) is 18.4 Å². The van der Waals surface area contributed by atoms with Crippen molar-refractivity contribution in [3.63, 3.8) is 0 Å². The SMILES string of the molecule is Clc1ccc(C2(C3(n4cncn4)CC3)CO2)c(Cl)c1. The summed E-state index contributed by atoms with van der Waals surface area (Å²) in [4.78, 5) is 4.04. The van der Waals surface area contributed by atoms with Crippen LogP contribution in [0.15, 0.2) is 30.9 Å². The van der Waals surface area contributed by atoms with E-state index in [4.69, 9.17) is 27.9 Å². The normalized spacial score (nSPS) is 27.3. The Hall–Kier alpha value is -1.10. The van der Waals surface area contributed by atoms with E-state index in [1.54, 1.807) is 18.7 Å². The predicted octanol–water partition coefficient (Wildman–Crippen LogP) is 3.00. The van der Waals surface area contributed by atoms with Gasteiger partial charge in [-0.3, -0.25) is 0 Å². The fourth-order valence-electron chi connectivity index (χ4n) is 2.93. The molecule has 19 heavy (non-hydrogen) atoms. The van der Waals surface area contributed by atoms with Crippen molar-refractivity contribution in [3.8, 4) is 0 Å². The molecule has 2 fully saturated rings. The van der Waals surface area contributed by atoms with Crippen LogP contribution in [0.25, 0.3) is 0 Å². The monoisotopic (exact) mass is 295 g/mol. The van der Waals surface area contributed by atoms with Gasteiger partial charge in [-0.15, -0.1) is 0 Å². The van der Waals surface area contributed by atoms with Gasteiger partial charge < -0.3 is 4.74 Å². The fourth-order valence-corrected chi connectivity index (χ4v) is 3.49. The van der Waals surface area contributed by atoms with E-state index in [0.717, 1.165) is 18.4 Å². The molecule has 2 aromatic rings. The van der Waals surface area contributed by atoms with Crippen LogP contribution in [0.2, 0.25) is 10.0 Å². The number of rotatable bonds is 3. The minimum atomic E-state index is -0.373. The van der Waals surface area contributed by atoms with Crippen LogP contribution in [-0.4, -0.2) is 21.4 Å². The Balaban J connectivity index is 1.82. The summed E-state index contributed by atoms with van der Waals surface area (Å²) in [6.07, 6.45) is 5.35. The Bertz CT molecular complexity index is 633. The molecule has 4 rings (SSSR count). The Morgan fingerprint density at radius 2 is 2.05 bits per heavy atom. The van der Waals surface area contributed by atoms with E-state index in [0.29, 0.717) is 16.7 Å². The molecule has 1 atom stereocenters. The Morgan fingerprint density at radius 3 is 2.58 bits per heavy atom. The highest BCUT2D eigenvalue weighted by Gasteiger charge is 2.71. The van der Waals surface area contributed by atoms with E-state index in [1.807, 2.05) is 16.8 Å². The maximum Gasteiger partial charge on any atom is 0.143 e. The molecule has 0 amide bonds. The summed E-state index contributed by atoms with van der Waals surface area (Å²) in [5, 5.41) is 5.57. The number of hydrogen-bond donors (Lipinski definition) is 0. The van der Waals surface area contributed by atoms with E-state index < -0.39 is 0 Å². The highest BCUT2D eigenvalue weighted by atomic mass is 35.5. The summed E-state index contributed by atoms with van der Waals surface area (Å²) in [6.45, 7) is 0.661. The van der Waals surface area contributed by atoms with E-state index in [9.17, 15) is 0 Å². The second-order valence-corrected chi connectivity index (χ2v) is 5.96. The molecule has 1 aromatic heterocycles. The van der Waals surface area contributed by atoms with E-state index >= 15 is 0 Å². The van der Waals surface area contributed by atoms with Gasteiger partial charge in [0.15, 0.2) is 0 Å². The van der Waals surface area contributed by atoms with Crippen LogP contribution in [0.3, 0.4) is 0 Å². The highest BCUT2D eigenvalue weighted by Crippen LogP contribution is 2.64. The summed E-state index contributed by atoms with van der Waals surface area (Å²) in [6, 6.07) is 5.57. The molecule has 0 spiro atoms. The van der Waals surface area contributed by atoms with E-state index in [1.165, 1.54) is 0 Å². The zero-order chi connectivity index (χ0) is 13.1. The lowest BCUT2D eigenvalue weighted by molar-refractivity contribution is 0.187. The predicted molar refractivity (Wildman–Crippen MR) is 71.3 cm³/mol. The van der Waals surface area contributed by atoms with Crippen LogP contribution in [0.5, 0.6) is 0 Å². The van der Waals surface area contributed by atoms with Crippen LogP contribution in [-0.2, 0) is 15.9 Å². The van der Waals surface area contributed by atoms with Gasteiger partial charge in [0.1, 0.15) is 23.8 Å². The third-order valence-electron chi connectivity index (χ3n) is 4.13. The molecule has 0 radical (unpaired) electrons. The summed E-state index contributed by atoms with van der Waals surface area (Å²) >= 11 is 12.3. The first-order chi connectivity index (χ1) is 9.18. The number of epoxide rings is 1. The fraction of sp³-hybridized carbons (Fsp3) is 0.385. The van der Waals surface area contributed by atoms with Crippen LogP contribution in [0.4, 0.5) is 0 Å². The van der Waals surface area contributed by atoms with Gasteiger partial charge in [-0.1, -0.05) is 29.3 Å². The summed E-state index contributed by atoms with van der Waals surface area (Å²) in [7, 11) is 0. The lowest BCUT2D eigenvalue weighted by Crippen LogP contribution is -2.34. The first-order valence-corrected chi connectivity index (χ1v) is 6.88. The van der Waals surface area contributed by atoms with Crippen molar-refractivity contribution >= 4 is 23.2 Å². The molecular formula is C13H11Cl2N3O. The Kier molecular flexibility index (Phi) is 2.29. The smallest absolute Gasteiger partial charge is 0.143 e. The largest absolute Gasteiger partial charge is 0.362 e.